The average molecular weight is 605 g/mol. The Morgan fingerprint density at radius 3 is 2.27 bits per heavy atom. The first-order valence-electron chi connectivity index (χ1n) is 14.2. The zero-order valence-electron chi connectivity index (χ0n) is 24.9. The number of amides is 2. The van der Waals surface area contributed by atoms with E-state index < -0.39 is 58.0 Å². The van der Waals surface area contributed by atoms with Crippen LogP contribution < -0.4 is 11.1 Å². The fraction of sp³-hybridized carbons (Fsp3) is 0.375. The van der Waals surface area contributed by atoms with Gasteiger partial charge in [-0.25, -0.2) is 0 Å². The van der Waals surface area contributed by atoms with E-state index in [1.165, 1.54) is 11.0 Å². The highest BCUT2D eigenvalue weighted by Gasteiger charge is 2.64. The van der Waals surface area contributed by atoms with E-state index in [0.717, 1.165) is 11.1 Å². The van der Waals surface area contributed by atoms with Gasteiger partial charge in [-0.3, -0.25) is 24.1 Å². The monoisotopic (exact) mass is 604 g/mol. The molecular weight excluding hydrogens is 568 g/mol. The highest BCUT2D eigenvalue weighted by Crippen LogP contribution is 2.53. The molecule has 0 aromatic heterocycles. The van der Waals surface area contributed by atoms with Gasteiger partial charge in [0.25, 0.3) is 5.91 Å². The van der Waals surface area contributed by atoms with E-state index in [1.807, 2.05) is 38.4 Å². The summed E-state index contributed by atoms with van der Waals surface area (Å²) in [5.74, 6) is -7.01. The van der Waals surface area contributed by atoms with Crippen LogP contribution in [0.5, 0.6) is 5.75 Å². The van der Waals surface area contributed by atoms with Crippen LogP contribution in [0.4, 0.5) is 0 Å². The number of rotatable bonds is 7. The summed E-state index contributed by atoms with van der Waals surface area (Å²) in [7, 11) is 6.73. The maximum atomic E-state index is 14.0. The number of nitrogens with zero attached hydrogens (tertiary/aromatic N) is 2. The van der Waals surface area contributed by atoms with E-state index in [0.29, 0.717) is 17.7 Å². The Balaban J connectivity index is 1.56. The molecule has 0 heterocycles. The van der Waals surface area contributed by atoms with Crippen LogP contribution in [-0.4, -0.2) is 100.0 Å². The summed E-state index contributed by atoms with van der Waals surface area (Å²) in [6.45, 7) is 0.608. The molecule has 3 aliphatic carbocycles. The molecule has 0 aliphatic heterocycles. The Hall–Kier alpha value is -4.52. The zero-order chi connectivity index (χ0) is 32.2. The number of phenols is 1. The standard InChI is InChI=1S/C32H36N4O8/c1-35(2)14-22(38)34-13-15-5-7-16(8-6-15)18-9-10-21(37)24-19(18)11-17-12-20-26(36(3)4)28(40)25(31(33)43)30(42)32(20,44)29(41)23(17)27(24)39/h5-10,17,20,26,37,39,42,44H,11-14H2,1-4H3,(H2,33,43)(H,34,38)/t17-,20-,26-,32-/m1/s1. The Morgan fingerprint density at radius 1 is 1.02 bits per heavy atom. The minimum Gasteiger partial charge on any atom is -0.508 e. The number of aliphatic hydroxyl groups is 3. The van der Waals surface area contributed by atoms with Gasteiger partial charge in [0.05, 0.1) is 18.2 Å². The van der Waals surface area contributed by atoms with E-state index in [1.54, 1.807) is 25.1 Å². The number of carbonyl (C=O) groups is 4. The summed E-state index contributed by atoms with van der Waals surface area (Å²) in [5, 5.41) is 47.9. The summed E-state index contributed by atoms with van der Waals surface area (Å²) < 4.78 is 0. The van der Waals surface area contributed by atoms with Gasteiger partial charge in [-0.2, -0.15) is 0 Å². The van der Waals surface area contributed by atoms with Crippen LogP contribution in [0.15, 0.2) is 53.3 Å². The maximum absolute atomic E-state index is 14.0. The first kappa shape index (κ1) is 30.9. The molecule has 4 atom stereocenters. The van der Waals surface area contributed by atoms with Crippen LogP contribution >= 0.6 is 0 Å². The normalized spacial score (nSPS) is 24.8. The molecule has 0 unspecified atom stereocenters. The van der Waals surface area contributed by atoms with Gasteiger partial charge >= 0.3 is 0 Å². The molecule has 1 saturated carbocycles. The summed E-state index contributed by atoms with van der Waals surface area (Å²) >= 11 is 0. The molecule has 7 N–H and O–H groups in total. The minimum absolute atomic E-state index is 0.00639. The number of phenolic OH excluding ortho intramolecular Hbond substituents is 1. The van der Waals surface area contributed by atoms with Crippen molar-refractivity contribution in [3.63, 3.8) is 0 Å². The van der Waals surface area contributed by atoms with Crippen molar-refractivity contribution in [1.29, 1.82) is 0 Å². The SMILES string of the molecule is CN(C)CC(=O)NCc1ccc(-c2ccc(O)c3c2C[C@@H]2C[C@@H]4[C@@H](N(C)C)C(=O)C(C(N)=O)=C(O)[C@]4(O)C(=O)C2=C3O)cc1. The van der Waals surface area contributed by atoms with Crippen molar-refractivity contribution in [2.75, 3.05) is 34.7 Å². The molecule has 2 aromatic rings. The maximum Gasteiger partial charge on any atom is 0.255 e. The van der Waals surface area contributed by atoms with Gasteiger partial charge in [0, 0.05) is 18.0 Å². The first-order chi connectivity index (χ1) is 20.7. The van der Waals surface area contributed by atoms with Crippen LogP contribution in [0.2, 0.25) is 0 Å². The van der Waals surface area contributed by atoms with E-state index >= 15 is 0 Å². The number of fused-ring (bicyclic) bond motifs is 3. The fourth-order valence-electron chi connectivity index (χ4n) is 6.86. The molecule has 232 valence electrons. The van der Waals surface area contributed by atoms with Crippen molar-refractivity contribution in [1.82, 2.24) is 15.1 Å². The lowest BCUT2D eigenvalue weighted by Gasteiger charge is -2.50. The van der Waals surface area contributed by atoms with Gasteiger partial charge in [-0.1, -0.05) is 30.3 Å². The van der Waals surface area contributed by atoms with Crippen molar-refractivity contribution in [2.45, 2.75) is 31.0 Å². The molecule has 0 radical (unpaired) electrons. The number of ketones is 2. The molecule has 2 aromatic carbocycles. The number of primary amides is 1. The van der Waals surface area contributed by atoms with Crippen LogP contribution in [0.25, 0.3) is 16.9 Å². The number of hydrogen-bond acceptors (Lipinski definition) is 10. The number of carbonyl (C=O) groups excluding carboxylic acids is 4. The van der Waals surface area contributed by atoms with Crippen LogP contribution in [0, 0.1) is 11.8 Å². The second kappa shape index (κ2) is 11.2. The van der Waals surface area contributed by atoms with Gasteiger partial charge in [0.2, 0.25) is 11.7 Å². The zero-order valence-corrected chi connectivity index (χ0v) is 24.9. The van der Waals surface area contributed by atoms with Crippen LogP contribution in [-0.2, 0) is 32.1 Å². The Bertz CT molecular complexity index is 1640. The van der Waals surface area contributed by atoms with Crippen molar-refractivity contribution >= 4 is 29.1 Å². The van der Waals surface area contributed by atoms with Crippen molar-refractivity contribution < 1.29 is 39.6 Å². The molecule has 2 amide bonds. The number of aromatic hydroxyl groups is 1. The number of nitrogens with one attached hydrogen (secondary N) is 1. The molecule has 0 spiro atoms. The second-order valence-electron chi connectivity index (χ2n) is 12.2. The van der Waals surface area contributed by atoms with Crippen molar-refractivity contribution in [2.24, 2.45) is 17.6 Å². The van der Waals surface area contributed by atoms with Gasteiger partial charge in [-0.05, 0) is 75.3 Å². The molecular formula is C32H36N4O8. The van der Waals surface area contributed by atoms with Crippen LogP contribution in [0.3, 0.4) is 0 Å². The average Bonchev–Trinajstić information content (AvgIpc) is 2.93. The van der Waals surface area contributed by atoms with Crippen LogP contribution in [0.1, 0.15) is 23.1 Å². The van der Waals surface area contributed by atoms with Gasteiger partial charge < -0.3 is 36.4 Å². The molecule has 0 bridgehead atoms. The Morgan fingerprint density at radius 2 is 1.68 bits per heavy atom. The molecule has 0 saturated heterocycles. The minimum atomic E-state index is -2.68. The Kier molecular flexibility index (Phi) is 7.87. The lowest BCUT2D eigenvalue weighted by Crippen LogP contribution is -2.65. The second-order valence-corrected chi connectivity index (χ2v) is 12.2. The molecule has 12 nitrogen and oxygen atoms in total. The quantitative estimate of drug-likeness (QED) is 0.246. The van der Waals surface area contributed by atoms with Crippen molar-refractivity contribution in [3.05, 3.63) is 70.0 Å². The number of likely N-dealkylation sites (N-methyl/N-ethyl adjacent to an activating group) is 2. The van der Waals surface area contributed by atoms with Gasteiger partial charge in [0.1, 0.15) is 22.8 Å². The lowest BCUT2D eigenvalue weighted by molar-refractivity contribution is -0.153. The van der Waals surface area contributed by atoms with E-state index in [4.69, 9.17) is 5.73 Å². The molecule has 44 heavy (non-hydrogen) atoms. The number of benzene rings is 2. The molecule has 5 rings (SSSR count). The highest BCUT2D eigenvalue weighted by atomic mass is 16.3. The summed E-state index contributed by atoms with van der Waals surface area (Å²) in [5.41, 5.74) is 4.57. The van der Waals surface area contributed by atoms with E-state index in [9.17, 15) is 39.6 Å². The third kappa shape index (κ3) is 4.84. The fourth-order valence-corrected chi connectivity index (χ4v) is 6.86. The number of nitrogens with two attached hydrogens (primary N) is 1. The van der Waals surface area contributed by atoms with Crippen molar-refractivity contribution in [3.8, 4) is 16.9 Å². The highest BCUT2D eigenvalue weighted by molar-refractivity contribution is 6.24. The molecule has 12 heteroatoms. The van der Waals surface area contributed by atoms with Gasteiger partial charge in [0.15, 0.2) is 11.4 Å². The largest absolute Gasteiger partial charge is 0.508 e. The summed E-state index contributed by atoms with van der Waals surface area (Å²) in [6, 6.07) is 9.40. The summed E-state index contributed by atoms with van der Waals surface area (Å²) in [6.07, 6.45) is 0.188. The molecule has 1 fully saturated rings. The summed E-state index contributed by atoms with van der Waals surface area (Å²) in [4.78, 5) is 54.7. The topological polar surface area (TPSA) is 194 Å². The third-order valence-corrected chi connectivity index (χ3v) is 8.82. The Labute approximate surface area is 254 Å². The number of aliphatic hydroxyl groups excluding tert-OH is 2. The predicted molar refractivity (Wildman–Crippen MR) is 160 cm³/mol. The first-order valence-corrected chi connectivity index (χ1v) is 14.2. The smallest absolute Gasteiger partial charge is 0.255 e. The number of Topliss-reactive ketones (excluding diaryl/α,β-unsaturated/α-hetero) is 2. The van der Waals surface area contributed by atoms with Gasteiger partial charge in [-0.15, -0.1) is 0 Å². The lowest BCUT2D eigenvalue weighted by atomic mass is 9.57. The van der Waals surface area contributed by atoms with E-state index in [-0.39, 0.29) is 42.2 Å². The molecule has 3 aliphatic rings. The van der Waals surface area contributed by atoms with E-state index in [2.05, 4.69) is 5.32 Å². The third-order valence-electron chi connectivity index (χ3n) is 8.82. The predicted octanol–water partition coefficient (Wildman–Crippen LogP) is 0.809. The number of hydrogen-bond donors (Lipinski definition) is 6.